The van der Waals surface area contributed by atoms with Crippen molar-refractivity contribution in [1.82, 2.24) is 4.98 Å². The first-order valence-electron chi connectivity index (χ1n) is 4.10. The zero-order valence-corrected chi connectivity index (χ0v) is 6.96. The average molecular weight is 161 g/mol. The van der Waals surface area contributed by atoms with Gasteiger partial charge in [0.15, 0.2) is 0 Å². The van der Waals surface area contributed by atoms with Crippen LogP contribution in [0.25, 0.3) is 10.9 Å². The monoisotopic (exact) mass is 161 g/mol. The normalized spacial score (nSPS) is 10.8. The van der Waals surface area contributed by atoms with Crippen molar-refractivity contribution in [3.05, 3.63) is 30.0 Å². The van der Waals surface area contributed by atoms with Gasteiger partial charge in [-0.05, 0) is 29.5 Å². The molecule has 0 atom stereocenters. The maximum atomic E-state index is 9.51. The van der Waals surface area contributed by atoms with Crippen molar-refractivity contribution in [1.29, 1.82) is 0 Å². The summed E-state index contributed by atoms with van der Waals surface area (Å²) in [5.41, 5.74) is 1.99. The first-order chi connectivity index (χ1) is 5.81. The summed E-state index contributed by atoms with van der Waals surface area (Å²) in [7, 11) is 0. The summed E-state index contributed by atoms with van der Waals surface area (Å²) in [5, 5.41) is 10.7. The molecule has 0 unspecified atom stereocenters. The predicted octanol–water partition coefficient (Wildman–Crippen LogP) is 2.44. The zero-order chi connectivity index (χ0) is 8.55. The molecule has 0 saturated heterocycles. The first-order valence-corrected chi connectivity index (χ1v) is 4.10. The molecule has 2 rings (SSSR count). The average Bonchev–Trinajstić information content (AvgIpc) is 2.49. The number of aromatic nitrogens is 1. The SMILES string of the molecule is CCc1cc2cc[nH]c2cc1O. The van der Waals surface area contributed by atoms with Crippen molar-refractivity contribution in [3.8, 4) is 5.75 Å². The Morgan fingerprint density at radius 1 is 1.42 bits per heavy atom. The Hall–Kier alpha value is -1.44. The fourth-order valence-corrected chi connectivity index (χ4v) is 1.42. The number of benzene rings is 1. The number of hydrogen-bond donors (Lipinski definition) is 2. The fourth-order valence-electron chi connectivity index (χ4n) is 1.42. The van der Waals surface area contributed by atoms with Gasteiger partial charge < -0.3 is 10.1 Å². The van der Waals surface area contributed by atoms with E-state index in [0.717, 1.165) is 22.9 Å². The second-order valence-electron chi connectivity index (χ2n) is 2.90. The molecule has 62 valence electrons. The minimum absolute atomic E-state index is 0.382. The standard InChI is InChI=1S/C10H11NO/c1-2-7-5-8-3-4-11-9(8)6-10(7)12/h3-6,11-12H,2H2,1H3. The lowest BCUT2D eigenvalue weighted by molar-refractivity contribution is 0.469. The number of phenols is 1. The second kappa shape index (κ2) is 2.55. The molecule has 0 saturated carbocycles. The van der Waals surface area contributed by atoms with Gasteiger partial charge in [-0.1, -0.05) is 6.92 Å². The Kier molecular flexibility index (Phi) is 1.54. The lowest BCUT2D eigenvalue weighted by atomic mass is 10.1. The molecule has 0 radical (unpaired) electrons. The van der Waals surface area contributed by atoms with Crippen LogP contribution in [0.3, 0.4) is 0 Å². The van der Waals surface area contributed by atoms with E-state index >= 15 is 0 Å². The van der Waals surface area contributed by atoms with Gasteiger partial charge >= 0.3 is 0 Å². The highest BCUT2D eigenvalue weighted by molar-refractivity contribution is 5.81. The second-order valence-corrected chi connectivity index (χ2v) is 2.90. The summed E-state index contributed by atoms with van der Waals surface area (Å²) in [5.74, 6) is 0.382. The number of phenolic OH excluding ortho intramolecular Hbond substituents is 1. The predicted molar refractivity (Wildman–Crippen MR) is 49.3 cm³/mol. The van der Waals surface area contributed by atoms with Crippen LogP contribution in [0.2, 0.25) is 0 Å². The van der Waals surface area contributed by atoms with Crippen LogP contribution < -0.4 is 0 Å². The summed E-state index contributed by atoms with van der Waals surface area (Å²) >= 11 is 0. The number of aromatic amines is 1. The third kappa shape index (κ3) is 0.961. The minimum atomic E-state index is 0.382. The van der Waals surface area contributed by atoms with Crippen molar-refractivity contribution in [2.45, 2.75) is 13.3 Å². The van der Waals surface area contributed by atoms with E-state index in [9.17, 15) is 5.11 Å². The Morgan fingerprint density at radius 2 is 2.25 bits per heavy atom. The summed E-state index contributed by atoms with van der Waals surface area (Å²) in [6, 6.07) is 5.79. The Bertz CT molecular complexity index is 403. The number of fused-ring (bicyclic) bond motifs is 1. The first kappa shape index (κ1) is 7.22. The molecular weight excluding hydrogens is 150 g/mol. The molecule has 12 heavy (non-hydrogen) atoms. The number of aryl methyl sites for hydroxylation is 1. The van der Waals surface area contributed by atoms with Gasteiger partial charge in [-0.15, -0.1) is 0 Å². The van der Waals surface area contributed by atoms with E-state index in [1.165, 1.54) is 0 Å². The van der Waals surface area contributed by atoms with E-state index in [4.69, 9.17) is 0 Å². The van der Waals surface area contributed by atoms with Gasteiger partial charge in [0, 0.05) is 17.8 Å². The largest absolute Gasteiger partial charge is 0.508 e. The quantitative estimate of drug-likeness (QED) is 0.662. The van der Waals surface area contributed by atoms with Gasteiger partial charge in [-0.2, -0.15) is 0 Å². The smallest absolute Gasteiger partial charge is 0.120 e. The molecule has 1 aromatic heterocycles. The minimum Gasteiger partial charge on any atom is -0.508 e. The van der Waals surface area contributed by atoms with Gasteiger partial charge in [0.2, 0.25) is 0 Å². The van der Waals surface area contributed by atoms with Crippen molar-refractivity contribution < 1.29 is 5.11 Å². The molecule has 2 heteroatoms. The van der Waals surface area contributed by atoms with Gasteiger partial charge in [-0.25, -0.2) is 0 Å². The highest BCUT2D eigenvalue weighted by atomic mass is 16.3. The molecule has 2 N–H and O–H groups in total. The van der Waals surface area contributed by atoms with E-state index in [1.807, 2.05) is 25.3 Å². The van der Waals surface area contributed by atoms with E-state index < -0.39 is 0 Å². The lowest BCUT2D eigenvalue weighted by Gasteiger charge is -2.00. The third-order valence-electron chi connectivity index (χ3n) is 2.13. The van der Waals surface area contributed by atoms with E-state index in [2.05, 4.69) is 4.98 Å². The molecule has 0 aliphatic rings. The van der Waals surface area contributed by atoms with Gasteiger partial charge in [0.1, 0.15) is 5.75 Å². The Morgan fingerprint density at radius 3 is 3.00 bits per heavy atom. The van der Waals surface area contributed by atoms with Crippen LogP contribution in [0.15, 0.2) is 24.4 Å². The van der Waals surface area contributed by atoms with E-state index in [0.29, 0.717) is 5.75 Å². The maximum absolute atomic E-state index is 9.51. The van der Waals surface area contributed by atoms with Crippen LogP contribution in [0.5, 0.6) is 5.75 Å². The summed E-state index contributed by atoms with van der Waals surface area (Å²) in [6.45, 7) is 2.04. The van der Waals surface area contributed by atoms with Crippen molar-refractivity contribution in [2.75, 3.05) is 0 Å². The fraction of sp³-hybridized carbons (Fsp3) is 0.200. The molecule has 0 fully saturated rings. The topological polar surface area (TPSA) is 36.0 Å². The molecule has 2 aromatic rings. The molecule has 0 aliphatic heterocycles. The molecule has 0 bridgehead atoms. The maximum Gasteiger partial charge on any atom is 0.120 e. The molecule has 1 aromatic carbocycles. The molecule has 1 heterocycles. The Balaban J connectivity index is 2.73. The summed E-state index contributed by atoms with van der Waals surface area (Å²) in [6.07, 6.45) is 2.75. The number of rotatable bonds is 1. The van der Waals surface area contributed by atoms with Crippen LogP contribution in [-0.4, -0.2) is 10.1 Å². The molecular formula is C10H11NO. The van der Waals surface area contributed by atoms with Crippen LogP contribution >= 0.6 is 0 Å². The molecule has 0 amide bonds. The van der Waals surface area contributed by atoms with Gasteiger partial charge in [0.05, 0.1) is 0 Å². The van der Waals surface area contributed by atoms with Crippen molar-refractivity contribution in [2.24, 2.45) is 0 Å². The van der Waals surface area contributed by atoms with Crippen LogP contribution in [0, 0.1) is 0 Å². The van der Waals surface area contributed by atoms with Crippen molar-refractivity contribution >= 4 is 10.9 Å². The van der Waals surface area contributed by atoms with Gasteiger partial charge in [0.25, 0.3) is 0 Å². The number of hydrogen-bond acceptors (Lipinski definition) is 1. The molecule has 2 nitrogen and oxygen atoms in total. The Labute approximate surface area is 70.8 Å². The van der Waals surface area contributed by atoms with Crippen LogP contribution in [0.4, 0.5) is 0 Å². The van der Waals surface area contributed by atoms with Gasteiger partial charge in [-0.3, -0.25) is 0 Å². The summed E-state index contributed by atoms with van der Waals surface area (Å²) < 4.78 is 0. The van der Waals surface area contributed by atoms with Crippen molar-refractivity contribution in [3.63, 3.8) is 0 Å². The van der Waals surface area contributed by atoms with E-state index in [-0.39, 0.29) is 0 Å². The van der Waals surface area contributed by atoms with Crippen LogP contribution in [0.1, 0.15) is 12.5 Å². The number of aromatic hydroxyl groups is 1. The zero-order valence-electron chi connectivity index (χ0n) is 6.96. The number of H-pyrrole nitrogens is 1. The van der Waals surface area contributed by atoms with Crippen LogP contribution in [-0.2, 0) is 6.42 Å². The third-order valence-corrected chi connectivity index (χ3v) is 2.13. The summed E-state index contributed by atoms with van der Waals surface area (Å²) in [4.78, 5) is 3.05. The highest BCUT2D eigenvalue weighted by Gasteiger charge is 2.01. The lowest BCUT2D eigenvalue weighted by Crippen LogP contribution is -1.80. The molecule has 0 aliphatic carbocycles. The number of nitrogens with one attached hydrogen (secondary N) is 1. The molecule has 0 spiro atoms. The highest BCUT2D eigenvalue weighted by Crippen LogP contribution is 2.24. The van der Waals surface area contributed by atoms with E-state index in [1.54, 1.807) is 6.07 Å².